The Morgan fingerprint density at radius 1 is 1.00 bits per heavy atom. The second-order valence-electron chi connectivity index (χ2n) is 9.89. The van der Waals surface area contributed by atoms with Crippen molar-refractivity contribution in [2.75, 3.05) is 7.05 Å². The van der Waals surface area contributed by atoms with E-state index in [0.717, 1.165) is 21.8 Å². The van der Waals surface area contributed by atoms with E-state index in [1.807, 2.05) is 0 Å². The molecule has 3 nitrogen and oxygen atoms in total. The zero-order valence-electron chi connectivity index (χ0n) is 16.8. The third kappa shape index (κ3) is 3.62. The van der Waals surface area contributed by atoms with Crippen LogP contribution in [0, 0.1) is 11.8 Å². The average molecular weight is 482 g/mol. The van der Waals surface area contributed by atoms with E-state index in [0.29, 0.717) is 17.9 Å². The van der Waals surface area contributed by atoms with E-state index in [9.17, 15) is 0 Å². The van der Waals surface area contributed by atoms with E-state index in [-0.39, 0.29) is 0 Å². The van der Waals surface area contributed by atoms with Crippen LogP contribution in [0.2, 0.25) is 0 Å². The Morgan fingerprint density at radius 2 is 1.78 bits per heavy atom. The standard InChI is InChI=1S/C23H35IN2O/c1-26-18-11-12-21(26)23(19(13-18)15-7-9-17(24)10-8-15)22-14-20(25-27-22)16-5-3-2-4-6-16/h14-19,21,23H,2-13H2,1H3/t15?,17?,18-,19-,21?,23?/m1/s1. The van der Waals surface area contributed by atoms with Crippen LogP contribution in [0.4, 0.5) is 0 Å². The molecule has 0 N–H and O–H groups in total. The number of rotatable bonds is 3. The quantitative estimate of drug-likeness (QED) is 0.375. The number of halogens is 1. The lowest BCUT2D eigenvalue weighted by Crippen LogP contribution is -2.47. The van der Waals surface area contributed by atoms with Gasteiger partial charge in [0, 0.05) is 33.9 Å². The van der Waals surface area contributed by atoms with E-state index in [1.54, 1.807) is 0 Å². The van der Waals surface area contributed by atoms with Crippen molar-refractivity contribution in [1.29, 1.82) is 0 Å². The van der Waals surface area contributed by atoms with Gasteiger partial charge in [-0.05, 0) is 76.7 Å². The Morgan fingerprint density at radius 3 is 2.56 bits per heavy atom. The first-order valence-electron chi connectivity index (χ1n) is 11.5. The number of fused-ring (bicyclic) bond motifs is 2. The van der Waals surface area contributed by atoms with Crippen molar-refractivity contribution in [2.24, 2.45) is 11.8 Å². The summed E-state index contributed by atoms with van der Waals surface area (Å²) in [5, 5.41) is 4.62. The van der Waals surface area contributed by atoms with Crippen molar-refractivity contribution in [3.8, 4) is 0 Å². The molecule has 2 unspecified atom stereocenters. The molecular formula is C23H35IN2O. The maximum Gasteiger partial charge on any atom is 0.141 e. The van der Waals surface area contributed by atoms with Gasteiger partial charge >= 0.3 is 0 Å². The summed E-state index contributed by atoms with van der Waals surface area (Å²) >= 11 is 2.67. The van der Waals surface area contributed by atoms with E-state index < -0.39 is 0 Å². The van der Waals surface area contributed by atoms with Gasteiger partial charge in [0.05, 0.1) is 5.69 Å². The highest BCUT2D eigenvalue weighted by Gasteiger charge is 2.50. The lowest BCUT2D eigenvalue weighted by molar-refractivity contribution is 0.0524. The Kier molecular flexibility index (Phi) is 5.58. The molecule has 2 bridgehead atoms. The zero-order valence-corrected chi connectivity index (χ0v) is 18.9. The Balaban J connectivity index is 1.41. The maximum absolute atomic E-state index is 6.12. The smallest absolute Gasteiger partial charge is 0.141 e. The van der Waals surface area contributed by atoms with Crippen LogP contribution in [0.5, 0.6) is 0 Å². The van der Waals surface area contributed by atoms with Crippen LogP contribution < -0.4 is 0 Å². The minimum Gasteiger partial charge on any atom is -0.361 e. The largest absolute Gasteiger partial charge is 0.361 e. The minimum atomic E-state index is 0.578. The number of nitrogens with zero attached hydrogens (tertiary/aromatic N) is 2. The molecule has 4 aliphatic rings. The summed E-state index contributed by atoms with van der Waals surface area (Å²) in [5.74, 6) is 4.18. The van der Waals surface area contributed by atoms with Gasteiger partial charge in [-0.3, -0.25) is 4.90 Å². The van der Waals surface area contributed by atoms with Gasteiger partial charge in [0.1, 0.15) is 5.76 Å². The van der Waals surface area contributed by atoms with Gasteiger partial charge < -0.3 is 4.52 Å². The lowest BCUT2D eigenvalue weighted by atomic mass is 9.67. The maximum atomic E-state index is 6.12. The van der Waals surface area contributed by atoms with E-state index in [2.05, 4.69) is 45.8 Å². The third-order valence-electron chi connectivity index (χ3n) is 8.52. The van der Waals surface area contributed by atoms with E-state index in [1.165, 1.54) is 88.5 Å². The van der Waals surface area contributed by atoms with Crippen LogP contribution in [-0.4, -0.2) is 33.1 Å². The fourth-order valence-corrected chi connectivity index (χ4v) is 7.67. The van der Waals surface area contributed by atoms with Gasteiger partial charge in [-0.2, -0.15) is 0 Å². The van der Waals surface area contributed by atoms with Gasteiger partial charge in [0.2, 0.25) is 0 Å². The van der Waals surface area contributed by atoms with E-state index >= 15 is 0 Å². The van der Waals surface area contributed by atoms with Crippen molar-refractivity contribution in [3.63, 3.8) is 0 Å². The molecule has 5 rings (SSSR count). The van der Waals surface area contributed by atoms with Crippen molar-refractivity contribution < 1.29 is 4.52 Å². The molecule has 2 aliphatic heterocycles. The van der Waals surface area contributed by atoms with E-state index in [4.69, 9.17) is 4.52 Å². The molecule has 2 saturated carbocycles. The van der Waals surface area contributed by atoms with Crippen LogP contribution in [0.25, 0.3) is 0 Å². The van der Waals surface area contributed by atoms with Gasteiger partial charge in [-0.1, -0.05) is 47.0 Å². The van der Waals surface area contributed by atoms with Crippen molar-refractivity contribution in [1.82, 2.24) is 10.1 Å². The molecule has 3 heterocycles. The summed E-state index contributed by atoms with van der Waals surface area (Å²) < 4.78 is 7.03. The van der Waals surface area contributed by atoms with Gasteiger partial charge in [-0.15, -0.1) is 0 Å². The van der Waals surface area contributed by atoms with Crippen LogP contribution in [0.1, 0.15) is 100 Å². The summed E-state index contributed by atoms with van der Waals surface area (Å²) in [6.45, 7) is 0. The first-order valence-corrected chi connectivity index (χ1v) is 12.8. The summed E-state index contributed by atoms with van der Waals surface area (Å²) in [6, 6.07) is 3.89. The summed E-state index contributed by atoms with van der Waals surface area (Å²) in [5.41, 5.74) is 1.27. The SMILES string of the molecule is CN1C2CC[C@@H]1C[C@H](C1CCC(I)CC1)C2c1cc(C2CCCCC2)no1. The van der Waals surface area contributed by atoms with Crippen LogP contribution in [-0.2, 0) is 0 Å². The predicted molar refractivity (Wildman–Crippen MR) is 118 cm³/mol. The average Bonchev–Trinajstić information content (AvgIpc) is 3.26. The van der Waals surface area contributed by atoms with Gasteiger partial charge in [0.15, 0.2) is 0 Å². The highest BCUT2D eigenvalue weighted by atomic mass is 127. The predicted octanol–water partition coefficient (Wildman–Crippen LogP) is 6.28. The molecular weight excluding hydrogens is 447 g/mol. The molecule has 2 aliphatic carbocycles. The van der Waals surface area contributed by atoms with Gasteiger partial charge in [0.25, 0.3) is 0 Å². The second-order valence-corrected chi connectivity index (χ2v) is 11.7. The van der Waals surface area contributed by atoms with Crippen molar-refractivity contribution >= 4 is 22.6 Å². The molecule has 1 aromatic rings. The minimum absolute atomic E-state index is 0.578. The number of hydrogen-bond donors (Lipinski definition) is 0. The molecule has 0 aromatic carbocycles. The second kappa shape index (κ2) is 7.97. The highest BCUT2D eigenvalue weighted by molar-refractivity contribution is 14.1. The van der Waals surface area contributed by atoms with Crippen LogP contribution >= 0.6 is 22.6 Å². The molecule has 0 spiro atoms. The third-order valence-corrected chi connectivity index (χ3v) is 9.77. The summed E-state index contributed by atoms with van der Waals surface area (Å²) in [4.78, 5) is 2.69. The Bertz CT molecular complexity index is 632. The molecule has 27 heavy (non-hydrogen) atoms. The first kappa shape index (κ1) is 18.9. The number of piperidine rings is 1. The molecule has 4 heteroatoms. The number of likely N-dealkylation sites (N-methyl/N-ethyl adjacent to an activating group) is 1. The topological polar surface area (TPSA) is 29.3 Å². The van der Waals surface area contributed by atoms with Gasteiger partial charge in [-0.25, -0.2) is 0 Å². The van der Waals surface area contributed by atoms with Crippen LogP contribution in [0.3, 0.4) is 0 Å². The summed E-state index contributed by atoms with van der Waals surface area (Å²) in [6.07, 6.45) is 16.6. The lowest BCUT2D eigenvalue weighted by Gasteiger charge is -2.46. The Labute approximate surface area is 178 Å². The molecule has 4 fully saturated rings. The fourth-order valence-electron chi connectivity index (χ4n) is 6.95. The molecule has 1 aromatic heterocycles. The summed E-state index contributed by atoms with van der Waals surface area (Å²) in [7, 11) is 2.37. The zero-order chi connectivity index (χ0) is 18.4. The number of hydrogen-bond acceptors (Lipinski definition) is 3. The Hall–Kier alpha value is -0.100. The van der Waals surface area contributed by atoms with Crippen molar-refractivity contribution in [2.45, 2.75) is 105 Å². The molecule has 0 radical (unpaired) electrons. The molecule has 150 valence electrons. The first-order chi connectivity index (χ1) is 13.2. The molecule has 4 atom stereocenters. The van der Waals surface area contributed by atoms with Crippen molar-refractivity contribution in [3.05, 3.63) is 17.5 Å². The molecule has 0 amide bonds. The number of alkyl halides is 1. The normalized spacial score (nSPS) is 41.1. The number of aromatic nitrogens is 1. The highest BCUT2D eigenvalue weighted by Crippen LogP contribution is 2.52. The monoisotopic (exact) mass is 482 g/mol. The fraction of sp³-hybridized carbons (Fsp3) is 0.870. The molecule has 2 saturated heterocycles. The van der Waals surface area contributed by atoms with Crippen LogP contribution in [0.15, 0.2) is 10.6 Å².